The molecule has 0 bridgehead atoms. The lowest BCUT2D eigenvalue weighted by Crippen LogP contribution is -2.60. The molecule has 216 valence electrons. The number of aliphatic hydroxyl groups excluding tert-OH is 7. The molecule has 38 heavy (non-hydrogen) atoms. The standard InChI is InChI=1S/C26H40O12/c1-10(5-6-11(2)28)16-12(3)17-13(18(25(34)36-4)20(30)19(17)29)7-8-14(16)24(33)38-23-15(9-27)37-26(35)22(32)21(23)31/h5-8,10-23,26-32,35H,9H2,1-4H3. The zero-order valence-corrected chi connectivity index (χ0v) is 21.8. The van der Waals surface area contributed by atoms with Crippen LogP contribution in [-0.2, 0) is 23.8 Å². The molecule has 0 spiro atoms. The fourth-order valence-electron chi connectivity index (χ4n) is 6.37. The van der Waals surface area contributed by atoms with Crippen LogP contribution in [0, 0.1) is 41.4 Å². The van der Waals surface area contributed by atoms with Crippen LogP contribution in [0.5, 0.6) is 0 Å². The Morgan fingerprint density at radius 2 is 1.63 bits per heavy atom. The molecular formula is C26H40O12. The van der Waals surface area contributed by atoms with Crippen LogP contribution in [0.3, 0.4) is 0 Å². The third-order valence-electron chi connectivity index (χ3n) is 8.28. The van der Waals surface area contributed by atoms with E-state index in [1.54, 1.807) is 32.1 Å². The number of hydrogen-bond acceptors (Lipinski definition) is 12. The summed E-state index contributed by atoms with van der Waals surface area (Å²) < 4.78 is 15.5. The highest BCUT2D eigenvalue weighted by Crippen LogP contribution is 2.50. The van der Waals surface area contributed by atoms with Gasteiger partial charge in [0.25, 0.3) is 0 Å². The Hall–Kier alpha value is -1.90. The first-order valence-electron chi connectivity index (χ1n) is 12.8. The number of methoxy groups -OCH3 is 1. The van der Waals surface area contributed by atoms with Crippen LogP contribution in [0.4, 0.5) is 0 Å². The van der Waals surface area contributed by atoms with Gasteiger partial charge >= 0.3 is 11.9 Å². The van der Waals surface area contributed by atoms with Crippen LogP contribution in [0.15, 0.2) is 24.3 Å². The molecule has 1 heterocycles. The maximum atomic E-state index is 13.6. The summed E-state index contributed by atoms with van der Waals surface area (Å²) in [5.74, 6) is -6.22. The van der Waals surface area contributed by atoms with Crippen LogP contribution in [0.2, 0.25) is 0 Å². The number of rotatable bonds is 7. The quantitative estimate of drug-likeness (QED) is 0.139. The van der Waals surface area contributed by atoms with E-state index in [1.807, 2.05) is 6.92 Å². The molecule has 2 aliphatic carbocycles. The lowest BCUT2D eigenvalue weighted by molar-refractivity contribution is -0.290. The summed E-state index contributed by atoms with van der Waals surface area (Å²) in [5.41, 5.74) is 0. The van der Waals surface area contributed by atoms with E-state index in [0.717, 1.165) is 0 Å². The van der Waals surface area contributed by atoms with Crippen LogP contribution in [-0.4, -0.2) is 110 Å². The minimum Gasteiger partial charge on any atom is -0.469 e. The SMILES string of the molecule is COC(=O)C1C(O)C(O)C2C(C)C(C(C)C=CC(C)O)C(C(=O)OC3C(CO)OC(O)C(O)C3O)C=CC12. The van der Waals surface area contributed by atoms with Crippen LogP contribution in [0.25, 0.3) is 0 Å². The molecule has 0 aromatic rings. The summed E-state index contributed by atoms with van der Waals surface area (Å²) in [6.45, 7) is 4.48. The summed E-state index contributed by atoms with van der Waals surface area (Å²) in [4.78, 5) is 26.1. The van der Waals surface area contributed by atoms with Crippen LogP contribution >= 0.6 is 0 Å². The second-order valence-electron chi connectivity index (χ2n) is 10.6. The second kappa shape index (κ2) is 12.5. The monoisotopic (exact) mass is 544 g/mol. The van der Waals surface area contributed by atoms with Gasteiger partial charge < -0.3 is 50.0 Å². The number of carbonyl (C=O) groups is 2. The lowest BCUT2D eigenvalue weighted by atomic mass is 9.68. The summed E-state index contributed by atoms with van der Waals surface area (Å²) in [5, 5.41) is 71.3. The zero-order valence-electron chi connectivity index (χ0n) is 21.8. The van der Waals surface area contributed by atoms with E-state index in [0.29, 0.717) is 0 Å². The van der Waals surface area contributed by atoms with E-state index in [1.165, 1.54) is 13.2 Å². The molecule has 15 atom stereocenters. The summed E-state index contributed by atoms with van der Waals surface area (Å²) >= 11 is 0. The fourth-order valence-corrected chi connectivity index (χ4v) is 6.37. The average molecular weight is 545 g/mol. The first-order chi connectivity index (χ1) is 17.8. The number of carbonyl (C=O) groups excluding carboxylic acids is 2. The Balaban J connectivity index is 2.00. The Bertz CT molecular complexity index is 887. The largest absolute Gasteiger partial charge is 0.469 e. The third-order valence-corrected chi connectivity index (χ3v) is 8.28. The molecule has 15 unspecified atom stereocenters. The van der Waals surface area contributed by atoms with Gasteiger partial charge in [0.2, 0.25) is 0 Å². The van der Waals surface area contributed by atoms with E-state index >= 15 is 0 Å². The van der Waals surface area contributed by atoms with Crippen molar-refractivity contribution in [2.45, 2.75) is 69.8 Å². The van der Waals surface area contributed by atoms with Crippen molar-refractivity contribution in [3.8, 4) is 0 Å². The van der Waals surface area contributed by atoms with Crippen LogP contribution < -0.4 is 0 Å². The molecule has 3 rings (SSSR count). The molecule has 0 amide bonds. The molecule has 3 aliphatic rings. The molecule has 12 nitrogen and oxygen atoms in total. The van der Waals surface area contributed by atoms with Gasteiger partial charge in [-0.1, -0.05) is 38.2 Å². The number of fused-ring (bicyclic) bond motifs is 1. The predicted octanol–water partition coefficient (Wildman–Crippen LogP) is -1.90. The lowest BCUT2D eigenvalue weighted by Gasteiger charge is -2.41. The van der Waals surface area contributed by atoms with Crippen molar-refractivity contribution in [1.82, 2.24) is 0 Å². The maximum absolute atomic E-state index is 13.6. The Morgan fingerprint density at radius 3 is 2.21 bits per heavy atom. The van der Waals surface area contributed by atoms with Gasteiger partial charge in [0.1, 0.15) is 18.3 Å². The van der Waals surface area contributed by atoms with E-state index in [-0.39, 0.29) is 5.92 Å². The van der Waals surface area contributed by atoms with Crippen LogP contribution in [0.1, 0.15) is 20.8 Å². The highest BCUT2D eigenvalue weighted by atomic mass is 16.7. The van der Waals surface area contributed by atoms with E-state index < -0.39 is 103 Å². The Labute approximate surface area is 221 Å². The van der Waals surface area contributed by atoms with Crippen molar-refractivity contribution in [2.75, 3.05) is 13.7 Å². The normalized spacial score (nSPS) is 44.8. The van der Waals surface area contributed by atoms with E-state index in [4.69, 9.17) is 14.2 Å². The number of aliphatic hydroxyl groups is 7. The molecule has 7 N–H and O–H groups in total. The number of ether oxygens (including phenoxy) is 3. The van der Waals surface area contributed by atoms with Crippen molar-refractivity contribution in [3.05, 3.63) is 24.3 Å². The van der Waals surface area contributed by atoms with Crippen molar-refractivity contribution in [3.63, 3.8) is 0 Å². The van der Waals surface area contributed by atoms with Gasteiger partial charge in [-0.15, -0.1) is 0 Å². The molecular weight excluding hydrogens is 504 g/mol. The molecule has 0 aromatic carbocycles. The highest BCUT2D eigenvalue weighted by molar-refractivity contribution is 5.76. The van der Waals surface area contributed by atoms with Gasteiger partial charge in [-0.2, -0.15) is 0 Å². The second-order valence-corrected chi connectivity index (χ2v) is 10.6. The first-order valence-corrected chi connectivity index (χ1v) is 12.8. The first kappa shape index (κ1) is 30.6. The predicted molar refractivity (Wildman–Crippen MR) is 130 cm³/mol. The van der Waals surface area contributed by atoms with E-state index in [9.17, 15) is 45.3 Å². The van der Waals surface area contributed by atoms with Gasteiger partial charge in [-0.05, 0) is 36.5 Å². The molecule has 1 saturated carbocycles. The summed E-state index contributed by atoms with van der Waals surface area (Å²) in [6.07, 6.45) is -5.08. The number of allylic oxidation sites excluding steroid dienone is 2. The third kappa shape index (κ3) is 5.82. The minimum absolute atomic E-state index is 0.365. The van der Waals surface area contributed by atoms with Crippen molar-refractivity contribution in [1.29, 1.82) is 0 Å². The highest BCUT2D eigenvalue weighted by Gasteiger charge is 2.57. The molecule has 2 fully saturated rings. The molecule has 1 aliphatic heterocycles. The maximum Gasteiger partial charge on any atom is 0.313 e. The van der Waals surface area contributed by atoms with Crippen molar-refractivity contribution >= 4 is 11.9 Å². The molecule has 0 radical (unpaired) electrons. The van der Waals surface area contributed by atoms with Crippen molar-refractivity contribution < 1.29 is 59.5 Å². The van der Waals surface area contributed by atoms with E-state index in [2.05, 4.69) is 0 Å². The van der Waals surface area contributed by atoms with Crippen molar-refractivity contribution in [2.24, 2.45) is 41.4 Å². The smallest absolute Gasteiger partial charge is 0.313 e. The van der Waals surface area contributed by atoms with Gasteiger partial charge in [-0.3, -0.25) is 9.59 Å². The molecule has 12 heteroatoms. The average Bonchev–Trinajstić information content (AvgIpc) is 3.02. The molecule has 0 aromatic heterocycles. The minimum atomic E-state index is -1.78. The number of hydrogen-bond donors (Lipinski definition) is 7. The Kier molecular flexibility index (Phi) is 10.1. The van der Waals surface area contributed by atoms with Gasteiger partial charge in [0.05, 0.1) is 43.9 Å². The van der Waals surface area contributed by atoms with Gasteiger partial charge in [0.15, 0.2) is 12.4 Å². The topological polar surface area (TPSA) is 203 Å². The Morgan fingerprint density at radius 1 is 0.974 bits per heavy atom. The summed E-state index contributed by atoms with van der Waals surface area (Å²) in [7, 11) is 1.19. The number of esters is 2. The van der Waals surface area contributed by atoms with Gasteiger partial charge in [0, 0.05) is 0 Å². The zero-order chi connectivity index (χ0) is 28.5. The molecule has 1 saturated heterocycles. The summed E-state index contributed by atoms with van der Waals surface area (Å²) in [6, 6.07) is 0. The fraction of sp³-hybridized carbons (Fsp3) is 0.769. The van der Waals surface area contributed by atoms with Gasteiger partial charge in [-0.25, -0.2) is 0 Å².